The first kappa shape index (κ1) is 19.6. The molecule has 138 valence electrons. The molecule has 2 rings (SSSR count). The predicted molar refractivity (Wildman–Crippen MR) is 96.4 cm³/mol. The molecule has 0 spiro atoms. The Hall–Kier alpha value is -2.73. The second-order valence-corrected chi connectivity index (χ2v) is 6.16. The highest BCUT2D eigenvalue weighted by molar-refractivity contribution is 5.95. The van der Waals surface area contributed by atoms with Gasteiger partial charge in [-0.3, -0.25) is 4.79 Å². The smallest absolute Gasteiger partial charge is 0.338 e. The molecule has 0 atom stereocenters. The summed E-state index contributed by atoms with van der Waals surface area (Å²) < 4.78 is 24.1. The molecule has 0 saturated carbocycles. The summed E-state index contributed by atoms with van der Waals surface area (Å²) in [6.07, 6.45) is 0.122. The number of esters is 1. The summed E-state index contributed by atoms with van der Waals surface area (Å²) in [5.74, 6) is -1.77. The summed E-state index contributed by atoms with van der Waals surface area (Å²) in [7, 11) is 0. The third-order valence-corrected chi connectivity index (χ3v) is 3.51. The molecule has 0 aliphatic heterocycles. The van der Waals surface area contributed by atoms with Gasteiger partial charge in [0, 0.05) is 0 Å². The topological polar surface area (TPSA) is 64.6 Å². The fourth-order valence-electron chi connectivity index (χ4n) is 2.12. The van der Waals surface area contributed by atoms with Crippen LogP contribution in [0.25, 0.3) is 0 Å². The molecule has 0 bridgehead atoms. The van der Waals surface area contributed by atoms with E-state index < -0.39 is 24.3 Å². The van der Waals surface area contributed by atoms with Crippen molar-refractivity contribution < 1.29 is 23.5 Å². The molecule has 26 heavy (non-hydrogen) atoms. The van der Waals surface area contributed by atoms with E-state index in [2.05, 4.69) is 5.32 Å². The quantitative estimate of drug-likeness (QED) is 0.763. The van der Waals surface area contributed by atoms with E-state index >= 15 is 0 Å². The molecule has 6 heteroatoms. The number of rotatable bonds is 7. The highest BCUT2D eigenvalue weighted by atomic mass is 19.1. The Kier molecular flexibility index (Phi) is 6.86. The first-order valence-corrected chi connectivity index (χ1v) is 8.29. The van der Waals surface area contributed by atoms with E-state index in [0.29, 0.717) is 12.2 Å². The second-order valence-electron chi connectivity index (χ2n) is 6.16. The number of hydrogen-bond donors (Lipinski definition) is 1. The number of halogens is 1. The fraction of sp³-hybridized carbons (Fsp3) is 0.300. The van der Waals surface area contributed by atoms with Crippen molar-refractivity contribution in [3.8, 4) is 0 Å². The molecule has 1 amide bonds. The zero-order valence-corrected chi connectivity index (χ0v) is 15.0. The number of hydrogen-bond acceptors (Lipinski definition) is 4. The lowest BCUT2D eigenvalue weighted by molar-refractivity contribution is -0.119. The molecular formula is C20H22FNO4. The number of nitrogens with one attached hydrogen (secondary N) is 1. The molecule has 0 saturated heterocycles. The Morgan fingerprint density at radius 2 is 1.81 bits per heavy atom. The largest absolute Gasteiger partial charge is 0.452 e. The number of anilines is 1. The van der Waals surface area contributed by atoms with Crippen molar-refractivity contribution in [1.29, 1.82) is 0 Å². The molecule has 1 N–H and O–H groups in total. The van der Waals surface area contributed by atoms with Gasteiger partial charge in [0.05, 0.1) is 24.0 Å². The Labute approximate surface area is 152 Å². The highest BCUT2D eigenvalue weighted by Crippen LogP contribution is 2.15. The molecule has 5 nitrogen and oxygen atoms in total. The second kappa shape index (κ2) is 9.10. The summed E-state index contributed by atoms with van der Waals surface area (Å²) in [6.45, 7) is 5.59. The zero-order chi connectivity index (χ0) is 19.1. The molecule has 0 heterocycles. The average Bonchev–Trinajstić information content (AvgIpc) is 2.60. The van der Waals surface area contributed by atoms with E-state index in [-0.39, 0.29) is 11.8 Å². The van der Waals surface area contributed by atoms with Crippen molar-refractivity contribution in [2.75, 3.05) is 11.9 Å². The third kappa shape index (κ3) is 5.97. The van der Waals surface area contributed by atoms with Gasteiger partial charge >= 0.3 is 5.97 Å². The maximum absolute atomic E-state index is 13.7. The number of carbonyl (C=O) groups is 2. The summed E-state index contributed by atoms with van der Waals surface area (Å²) in [6, 6.07) is 11.2. The fourth-order valence-corrected chi connectivity index (χ4v) is 2.12. The molecule has 0 radical (unpaired) electrons. The van der Waals surface area contributed by atoms with Crippen LogP contribution in [0, 0.1) is 12.7 Å². The number of carbonyl (C=O) groups excluding carboxylic acids is 2. The monoisotopic (exact) mass is 359 g/mol. The molecular weight excluding hydrogens is 337 g/mol. The minimum Gasteiger partial charge on any atom is -0.452 e. The minimum atomic E-state index is -0.624. The SMILES string of the molecule is Cc1ccc(NC(=O)COC(=O)c2ccc(COC(C)C)cc2)c(F)c1. The van der Waals surface area contributed by atoms with Gasteiger partial charge in [0.15, 0.2) is 6.61 Å². The van der Waals surface area contributed by atoms with Gasteiger partial charge in [0.1, 0.15) is 5.82 Å². The lowest BCUT2D eigenvalue weighted by atomic mass is 10.1. The van der Waals surface area contributed by atoms with Crippen molar-refractivity contribution in [1.82, 2.24) is 0 Å². The molecule has 0 aromatic heterocycles. The van der Waals surface area contributed by atoms with Crippen LogP contribution in [0.1, 0.15) is 35.3 Å². The number of amides is 1. The van der Waals surface area contributed by atoms with Crippen LogP contribution >= 0.6 is 0 Å². The Bertz CT molecular complexity index is 772. The van der Waals surface area contributed by atoms with Gasteiger partial charge in [0.25, 0.3) is 5.91 Å². The Morgan fingerprint density at radius 1 is 1.12 bits per heavy atom. The normalized spacial score (nSPS) is 10.7. The van der Waals surface area contributed by atoms with E-state index in [1.807, 2.05) is 13.8 Å². The van der Waals surface area contributed by atoms with E-state index in [1.54, 1.807) is 37.3 Å². The molecule has 0 aliphatic rings. The summed E-state index contributed by atoms with van der Waals surface area (Å²) in [5.41, 5.74) is 2.05. The number of ether oxygens (including phenoxy) is 2. The first-order chi connectivity index (χ1) is 12.3. The van der Waals surface area contributed by atoms with E-state index in [9.17, 15) is 14.0 Å². The van der Waals surface area contributed by atoms with E-state index in [4.69, 9.17) is 9.47 Å². The Morgan fingerprint density at radius 3 is 2.42 bits per heavy atom. The van der Waals surface area contributed by atoms with Crippen LogP contribution in [0.3, 0.4) is 0 Å². The standard InChI is InChI=1S/C20H22FNO4/c1-13(2)25-11-15-5-7-16(8-6-15)20(24)26-12-19(23)22-18-9-4-14(3)10-17(18)21/h4-10,13H,11-12H2,1-3H3,(H,22,23). The first-order valence-electron chi connectivity index (χ1n) is 8.29. The minimum absolute atomic E-state index is 0.0474. The van der Waals surface area contributed by atoms with Crippen molar-refractivity contribution >= 4 is 17.6 Å². The van der Waals surface area contributed by atoms with Gasteiger partial charge in [-0.2, -0.15) is 0 Å². The van der Waals surface area contributed by atoms with Crippen molar-refractivity contribution in [2.24, 2.45) is 0 Å². The van der Waals surface area contributed by atoms with Gasteiger partial charge in [-0.1, -0.05) is 18.2 Å². The lowest BCUT2D eigenvalue weighted by Crippen LogP contribution is -2.21. The molecule has 2 aromatic rings. The van der Waals surface area contributed by atoms with Gasteiger partial charge in [-0.25, -0.2) is 9.18 Å². The van der Waals surface area contributed by atoms with Crippen molar-refractivity contribution in [3.05, 3.63) is 65.0 Å². The van der Waals surface area contributed by atoms with Gasteiger partial charge in [0.2, 0.25) is 0 Å². The van der Waals surface area contributed by atoms with Crippen LogP contribution in [0.15, 0.2) is 42.5 Å². The van der Waals surface area contributed by atoms with Crippen LogP contribution in [0.2, 0.25) is 0 Å². The number of aryl methyl sites for hydroxylation is 1. The van der Waals surface area contributed by atoms with E-state index in [0.717, 1.165) is 11.1 Å². The highest BCUT2D eigenvalue weighted by Gasteiger charge is 2.12. The molecule has 0 aliphatic carbocycles. The average molecular weight is 359 g/mol. The number of benzene rings is 2. The zero-order valence-electron chi connectivity index (χ0n) is 15.0. The maximum atomic E-state index is 13.7. The Balaban J connectivity index is 1.84. The maximum Gasteiger partial charge on any atom is 0.338 e. The van der Waals surface area contributed by atoms with Crippen LogP contribution in [0.5, 0.6) is 0 Å². The van der Waals surface area contributed by atoms with Gasteiger partial charge in [-0.15, -0.1) is 0 Å². The van der Waals surface area contributed by atoms with Crippen LogP contribution in [-0.2, 0) is 20.9 Å². The molecule has 2 aromatic carbocycles. The summed E-state index contributed by atoms with van der Waals surface area (Å²) in [5, 5.41) is 2.37. The van der Waals surface area contributed by atoms with Gasteiger partial charge < -0.3 is 14.8 Å². The summed E-state index contributed by atoms with van der Waals surface area (Å²) in [4.78, 5) is 23.8. The molecule has 0 fully saturated rings. The van der Waals surface area contributed by atoms with Crippen molar-refractivity contribution in [3.63, 3.8) is 0 Å². The van der Waals surface area contributed by atoms with E-state index in [1.165, 1.54) is 12.1 Å². The van der Waals surface area contributed by atoms with Crippen LogP contribution in [0.4, 0.5) is 10.1 Å². The third-order valence-electron chi connectivity index (χ3n) is 3.51. The van der Waals surface area contributed by atoms with Crippen LogP contribution in [-0.4, -0.2) is 24.6 Å². The molecule has 0 unspecified atom stereocenters. The summed E-state index contributed by atoms with van der Waals surface area (Å²) >= 11 is 0. The van der Waals surface area contributed by atoms with Crippen LogP contribution < -0.4 is 5.32 Å². The lowest BCUT2D eigenvalue weighted by Gasteiger charge is -2.09. The van der Waals surface area contributed by atoms with Crippen molar-refractivity contribution in [2.45, 2.75) is 33.5 Å². The predicted octanol–water partition coefficient (Wildman–Crippen LogP) is 3.85. The van der Waals surface area contributed by atoms with Gasteiger partial charge in [-0.05, 0) is 56.2 Å².